The van der Waals surface area contributed by atoms with Gasteiger partial charge < -0.3 is 4.74 Å². The van der Waals surface area contributed by atoms with Crippen LogP contribution in [-0.4, -0.2) is 27.6 Å². The van der Waals surface area contributed by atoms with Crippen molar-refractivity contribution < 1.29 is 13.9 Å². The highest BCUT2D eigenvalue weighted by atomic mass is 79.9. The van der Waals surface area contributed by atoms with Gasteiger partial charge in [0.25, 0.3) is 0 Å². The van der Waals surface area contributed by atoms with Crippen molar-refractivity contribution in [3.8, 4) is 0 Å². The number of esters is 1. The Morgan fingerprint density at radius 1 is 1.57 bits per heavy atom. The fourth-order valence-electron chi connectivity index (χ4n) is 1.73. The summed E-state index contributed by atoms with van der Waals surface area (Å²) >= 11 is 3.19. The van der Waals surface area contributed by atoms with Crippen LogP contribution in [0, 0.1) is 12.7 Å². The maximum absolute atomic E-state index is 13.5. The van der Waals surface area contributed by atoms with E-state index in [1.54, 1.807) is 19.1 Å². The zero-order chi connectivity index (χ0) is 15.4. The number of hydrogen-bond acceptors (Lipinski definition) is 4. The molecular weight excluding hydrogens is 341 g/mol. The third-order valence-corrected chi connectivity index (χ3v) is 3.75. The van der Waals surface area contributed by atoms with E-state index in [9.17, 15) is 9.18 Å². The van der Waals surface area contributed by atoms with Gasteiger partial charge in [-0.2, -0.15) is 0 Å². The molecule has 0 aliphatic carbocycles. The Balaban J connectivity index is 2.22. The van der Waals surface area contributed by atoms with Crippen molar-refractivity contribution in [3.05, 3.63) is 58.1 Å². The summed E-state index contributed by atoms with van der Waals surface area (Å²) in [7, 11) is 0. The first kappa shape index (κ1) is 15.4. The molecular formula is C14H13BrFN3O2. The lowest BCUT2D eigenvalue weighted by Crippen LogP contribution is -2.09. The van der Waals surface area contributed by atoms with E-state index in [1.165, 1.54) is 16.8 Å². The van der Waals surface area contributed by atoms with Gasteiger partial charge in [0.15, 0.2) is 5.69 Å². The zero-order valence-electron chi connectivity index (χ0n) is 11.3. The number of ether oxygens (including phenoxy) is 1. The largest absolute Gasteiger partial charge is 0.457 e. The number of aromatic nitrogens is 3. The molecule has 110 valence electrons. The van der Waals surface area contributed by atoms with Crippen LogP contribution < -0.4 is 0 Å². The Hall–Kier alpha value is -2.02. The fraction of sp³-hybridized carbons (Fsp3) is 0.214. The number of halogens is 2. The molecule has 0 radical (unpaired) electrons. The van der Waals surface area contributed by atoms with Crippen molar-refractivity contribution in [2.75, 3.05) is 6.61 Å². The summed E-state index contributed by atoms with van der Waals surface area (Å²) in [5.41, 5.74) is 1.40. The van der Waals surface area contributed by atoms with Gasteiger partial charge in [-0.05, 0) is 34.5 Å². The lowest BCUT2D eigenvalue weighted by molar-refractivity contribution is 0.0542. The molecule has 0 unspecified atom stereocenters. The van der Waals surface area contributed by atoms with Crippen molar-refractivity contribution in [2.24, 2.45) is 0 Å². The van der Waals surface area contributed by atoms with E-state index in [1.807, 2.05) is 0 Å². The number of benzene rings is 1. The smallest absolute Gasteiger partial charge is 0.361 e. The molecule has 0 N–H and O–H groups in total. The van der Waals surface area contributed by atoms with Crippen molar-refractivity contribution in [2.45, 2.75) is 13.5 Å². The lowest BCUT2D eigenvalue weighted by Gasteiger charge is -2.07. The molecule has 0 spiro atoms. The van der Waals surface area contributed by atoms with Gasteiger partial charge in [0.1, 0.15) is 12.4 Å². The van der Waals surface area contributed by atoms with Crippen LogP contribution in [0.15, 0.2) is 35.3 Å². The first-order valence-electron chi connectivity index (χ1n) is 6.15. The standard InChI is InChI=1S/C14H13BrFN3O2/c1-3-7-21-14(20)13-9(2)19(18-17-13)8-10-5-4-6-11(16)12(10)15/h3-6H,1,7-8H2,2H3. The molecule has 1 aromatic carbocycles. The van der Waals surface area contributed by atoms with Gasteiger partial charge in [-0.25, -0.2) is 13.9 Å². The number of hydrogen-bond donors (Lipinski definition) is 0. The number of carbonyl (C=O) groups is 1. The van der Waals surface area contributed by atoms with Gasteiger partial charge in [-0.3, -0.25) is 0 Å². The van der Waals surface area contributed by atoms with Gasteiger partial charge >= 0.3 is 5.97 Å². The lowest BCUT2D eigenvalue weighted by atomic mass is 10.2. The highest BCUT2D eigenvalue weighted by molar-refractivity contribution is 9.10. The van der Waals surface area contributed by atoms with Gasteiger partial charge in [-0.15, -0.1) is 5.10 Å². The van der Waals surface area contributed by atoms with E-state index in [0.717, 1.165) is 0 Å². The molecule has 0 bridgehead atoms. The molecule has 7 heteroatoms. The van der Waals surface area contributed by atoms with Crippen LogP contribution in [0.25, 0.3) is 0 Å². The zero-order valence-corrected chi connectivity index (χ0v) is 12.9. The topological polar surface area (TPSA) is 57.0 Å². The average Bonchev–Trinajstić information content (AvgIpc) is 2.83. The molecule has 2 aromatic rings. The molecule has 0 aliphatic rings. The molecule has 0 aliphatic heterocycles. The van der Waals surface area contributed by atoms with Crippen molar-refractivity contribution in [3.63, 3.8) is 0 Å². The van der Waals surface area contributed by atoms with E-state index >= 15 is 0 Å². The average molecular weight is 354 g/mol. The summed E-state index contributed by atoms with van der Waals surface area (Å²) in [6.07, 6.45) is 1.47. The molecule has 1 aromatic heterocycles. The van der Waals surface area contributed by atoms with Crippen LogP contribution in [0.3, 0.4) is 0 Å². The molecule has 1 heterocycles. The van der Waals surface area contributed by atoms with Gasteiger partial charge in [-0.1, -0.05) is 30.0 Å². The van der Waals surface area contributed by atoms with E-state index in [2.05, 4.69) is 32.8 Å². The van der Waals surface area contributed by atoms with Gasteiger partial charge in [0, 0.05) is 0 Å². The minimum atomic E-state index is -0.558. The van der Waals surface area contributed by atoms with E-state index in [4.69, 9.17) is 4.74 Å². The number of rotatable bonds is 5. The van der Waals surface area contributed by atoms with Crippen LogP contribution in [0.5, 0.6) is 0 Å². The van der Waals surface area contributed by atoms with E-state index in [-0.39, 0.29) is 18.1 Å². The first-order chi connectivity index (χ1) is 10.0. The third kappa shape index (κ3) is 3.36. The SMILES string of the molecule is C=CCOC(=O)c1nnn(Cc2cccc(F)c2Br)c1C. The van der Waals surface area contributed by atoms with Crippen LogP contribution in [0.4, 0.5) is 4.39 Å². The highest BCUT2D eigenvalue weighted by Crippen LogP contribution is 2.21. The van der Waals surface area contributed by atoms with Gasteiger partial charge in [0.2, 0.25) is 0 Å². The number of carbonyl (C=O) groups excluding carboxylic acids is 1. The Labute approximate surface area is 129 Å². The monoisotopic (exact) mass is 353 g/mol. The Morgan fingerprint density at radius 2 is 2.33 bits per heavy atom. The quantitative estimate of drug-likeness (QED) is 0.612. The molecule has 0 fully saturated rings. The summed E-state index contributed by atoms with van der Waals surface area (Å²) in [6.45, 7) is 5.58. The van der Waals surface area contributed by atoms with Crippen molar-refractivity contribution in [1.82, 2.24) is 15.0 Å². The minimum absolute atomic E-state index is 0.112. The fourth-order valence-corrected chi connectivity index (χ4v) is 2.12. The molecule has 5 nitrogen and oxygen atoms in total. The Morgan fingerprint density at radius 3 is 3.05 bits per heavy atom. The number of nitrogens with zero attached hydrogens (tertiary/aromatic N) is 3. The Bertz CT molecular complexity index is 685. The van der Waals surface area contributed by atoms with E-state index < -0.39 is 5.97 Å². The molecule has 21 heavy (non-hydrogen) atoms. The predicted octanol–water partition coefficient (Wildman–Crippen LogP) is 2.88. The Kier molecular flexibility index (Phi) is 4.85. The predicted molar refractivity (Wildman–Crippen MR) is 78.4 cm³/mol. The third-order valence-electron chi connectivity index (χ3n) is 2.86. The maximum atomic E-state index is 13.5. The second kappa shape index (κ2) is 6.62. The summed E-state index contributed by atoms with van der Waals surface area (Å²) < 4.78 is 20.3. The molecule has 2 rings (SSSR count). The van der Waals surface area contributed by atoms with E-state index in [0.29, 0.717) is 22.3 Å². The summed E-state index contributed by atoms with van der Waals surface area (Å²) in [5.74, 6) is -0.909. The molecule has 0 saturated carbocycles. The van der Waals surface area contributed by atoms with Crippen molar-refractivity contribution in [1.29, 1.82) is 0 Å². The second-order valence-corrected chi connectivity index (χ2v) is 5.07. The summed E-state index contributed by atoms with van der Waals surface area (Å²) in [4.78, 5) is 11.8. The first-order valence-corrected chi connectivity index (χ1v) is 6.95. The molecule has 0 amide bonds. The summed E-state index contributed by atoms with van der Waals surface area (Å²) in [6, 6.07) is 4.74. The normalized spacial score (nSPS) is 10.4. The van der Waals surface area contributed by atoms with Crippen LogP contribution >= 0.6 is 15.9 Å². The van der Waals surface area contributed by atoms with Crippen molar-refractivity contribution >= 4 is 21.9 Å². The van der Waals surface area contributed by atoms with Crippen LogP contribution in [-0.2, 0) is 11.3 Å². The summed E-state index contributed by atoms with van der Waals surface area (Å²) in [5, 5.41) is 7.72. The van der Waals surface area contributed by atoms with Crippen LogP contribution in [0.1, 0.15) is 21.7 Å². The minimum Gasteiger partial charge on any atom is -0.457 e. The van der Waals surface area contributed by atoms with Gasteiger partial charge in [0.05, 0.1) is 16.7 Å². The molecule has 0 atom stereocenters. The molecule has 0 saturated heterocycles. The second-order valence-electron chi connectivity index (χ2n) is 4.28. The van der Waals surface area contributed by atoms with Crippen LogP contribution in [0.2, 0.25) is 0 Å². The highest BCUT2D eigenvalue weighted by Gasteiger charge is 2.18. The maximum Gasteiger partial charge on any atom is 0.361 e.